The van der Waals surface area contributed by atoms with Gasteiger partial charge in [-0.05, 0) is 30.2 Å². The van der Waals surface area contributed by atoms with E-state index in [2.05, 4.69) is 6.58 Å². The van der Waals surface area contributed by atoms with Crippen LogP contribution in [-0.4, -0.2) is 12.9 Å². The highest BCUT2D eigenvalue weighted by Gasteiger charge is 2.27. The molecule has 6 heteroatoms. The second-order valence-corrected chi connectivity index (χ2v) is 7.01. The number of fused-ring (bicyclic) bond motifs is 7. The minimum Gasteiger partial charge on any atom is -0.485 e. The summed E-state index contributed by atoms with van der Waals surface area (Å²) in [7, 11) is 0. The lowest BCUT2D eigenvalue weighted by molar-refractivity contribution is 0.174. The zero-order chi connectivity index (χ0) is 18.3. The molecule has 0 saturated carbocycles. The summed E-state index contributed by atoms with van der Waals surface area (Å²) >= 11 is 0. The van der Waals surface area contributed by atoms with E-state index in [1.54, 1.807) is 18.2 Å². The molecular formula is C21H14O6. The Hall–Kier alpha value is -3.41. The maximum atomic E-state index is 12.7. The first kappa shape index (κ1) is 14.7. The number of hydrogen-bond acceptors (Lipinski definition) is 6. The highest BCUT2D eigenvalue weighted by atomic mass is 16.7. The van der Waals surface area contributed by atoms with Crippen molar-refractivity contribution in [1.29, 1.82) is 0 Å². The van der Waals surface area contributed by atoms with Gasteiger partial charge in [0.05, 0.1) is 5.39 Å². The molecule has 0 saturated heterocycles. The predicted octanol–water partition coefficient (Wildman–Crippen LogP) is 4.30. The third-order valence-electron chi connectivity index (χ3n) is 5.22. The Morgan fingerprint density at radius 2 is 1.74 bits per heavy atom. The van der Waals surface area contributed by atoms with Gasteiger partial charge < -0.3 is 23.0 Å². The van der Waals surface area contributed by atoms with Crippen LogP contribution in [0.15, 0.2) is 50.0 Å². The third kappa shape index (κ3) is 1.92. The maximum absolute atomic E-state index is 12.7. The first-order valence-electron chi connectivity index (χ1n) is 8.66. The van der Waals surface area contributed by atoms with Gasteiger partial charge in [0.1, 0.15) is 28.4 Å². The fourth-order valence-electron chi connectivity index (χ4n) is 3.84. The number of furan rings is 1. The molecular weight excluding hydrogens is 348 g/mol. The zero-order valence-electron chi connectivity index (χ0n) is 14.5. The summed E-state index contributed by atoms with van der Waals surface area (Å²) in [6, 6.07) is 7.24. The van der Waals surface area contributed by atoms with Crippen molar-refractivity contribution in [3.8, 4) is 17.2 Å². The fraction of sp³-hybridized carbons (Fsp3) is 0.190. The van der Waals surface area contributed by atoms with Gasteiger partial charge in [-0.15, -0.1) is 0 Å². The van der Waals surface area contributed by atoms with E-state index in [1.165, 1.54) is 0 Å². The van der Waals surface area contributed by atoms with Crippen molar-refractivity contribution in [2.75, 3.05) is 6.79 Å². The van der Waals surface area contributed by atoms with E-state index in [-0.39, 0.29) is 12.9 Å². The molecule has 4 aromatic rings. The van der Waals surface area contributed by atoms with Crippen molar-refractivity contribution >= 4 is 32.9 Å². The summed E-state index contributed by atoms with van der Waals surface area (Å²) in [6.45, 7) is 6.07. The van der Waals surface area contributed by atoms with E-state index >= 15 is 0 Å². The molecule has 0 spiro atoms. The third-order valence-corrected chi connectivity index (χ3v) is 5.22. The van der Waals surface area contributed by atoms with E-state index in [0.717, 1.165) is 28.7 Å². The molecule has 0 N–H and O–H groups in total. The van der Waals surface area contributed by atoms with Crippen LogP contribution in [0, 0.1) is 0 Å². The molecule has 134 valence electrons. The van der Waals surface area contributed by atoms with E-state index in [0.29, 0.717) is 39.0 Å². The van der Waals surface area contributed by atoms with Crippen LogP contribution in [0.1, 0.15) is 12.5 Å². The number of rotatable bonds is 1. The molecule has 0 unspecified atom stereocenters. The predicted molar refractivity (Wildman–Crippen MR) is 98.8 cm³/mol. The molecule has 6 rings (SSSR count). The van der Waals surface area contributed by atoms with E-state index < -0.39 is 5.63 Å². The molecule has 2 aromatic heterocycles. The molecule has 0 amide bonds. The van der Waals surface area contributed by atoms with E-state index in [9.17, 15) is 4.79 Å². The Balaban J connectivity index is 1.68. The van der Waals surface area contributed by atoms with Crippen LogP contribution in [0.25, 0.3) is 32.9 Å². The average molecular weight is 362 g/mol. The molecule has 0 aliphatic carbocycles. The number of hydrogen-bond donors (Lipinski definition) is 0. The summed E-state index contributed by atoms with van der Waals surface area (Å²) in [5, 5.41) is 1.81. The largest absolute Gasteiger partial charge is 0.485 e. The quantitative estimate of drug-likeness (QED) is 0.371. The van der Waals surface area contributed by atoms with Crippen molar-refractivity contribution in [1.82, 2.24) is 0 Å². The Morgan fingerprint density at radius 1 is 1.00 bits per heavy atom. The number of benzene rings is 2. The smallest absolute Gasteiger partial charge is 0.348 e. The molecule has 2 aliphatic heterocycles. The average Bonchev–Trinajstić information content (AvgIpc) is 3.33. The standard InChI is InChI=1S/C21H14O6/c1-9(2)13-4-10-3-12-16(6-14(10)25-13)27-21(22)19-11-5-17-18(24-8-23-17)7-15(11)26-20(12)19/h3,5-7,13H,1,4,8H2,2H3/t13-/m0/s1. The molecule has 2 aliphatic rings. The van der Waals surface area contributed by atoms with Gasteiger partial charge >= 0.3 is 5.63 Å². The Morgan fingerprint density at radius 3 is 2.56 bits per heavy atom. The van der Waals surface area contributed by atoms with Gasteiger partial charge in [0, 0.05) is 23.9 Å². The van der Waals surface area contributed by atoms with Crippen molar-refractivity contribution < 1.29 is 23.0 Å². The van der Waals surface area contributed by atoms with Crippen molar-refractivity contribution in [2.45, 2.75) is 19.4 Å². The zero-order valence-corrected chi connectivity index (χ0v) is 14.5. The summed E-state index contributed by atoms with van der Waals surface area (Å²) < 4.78 is 28.4. The van der Waals surface area contributed by atoms with Gasteiger partial charge in [-0.25, -0.2) is 4.79 Å². The lowest BCUT2D eigenvalue weighted by Gasteiger charge is -2.08. The van der Waals surface area contributed by atoms with Crippen LogP contribution in [0.4, 0.5) is 0 Å². The molecule has 1 atom stereocenters. The molecule has 0 bridgehead atoms. The monoisotopic (exact) mass is 362 g/mol. The van der Waals surface area contributed by atoms with Crippen LogP contribution in [-0.2, 0) is 6.42 Å². The van der Waals surface area contributed by atoms with Gasteiger partial charge in [0.15, 0.2) is 17.1 Å². The van der Waals surface area contributed by atoms with Crippen molar-refractivity contribution in [3.63, 3.8) is 0 Å². The number of ether oxygens (including phenoxy) is 3. The summed E-state index contributed by atoms with van der Waals surface area (Å²) in [5.41, 5.74) is 3.05. The molecule has 4 heterocycles. The molecule has 2 aromatic carbocycles. The Kier molecular flexibility index (Phi) is 2.65. The first-order chi connectivity index (χ1) is 13.1. The topological polar surface area (TPSA) is 71.0 Å². The van der Waals surface area contributed by atoms with Gasteiger partial charge in [-0.1, -0.05) is 6.58 Å². The fourth-order valence-corrected chi connectivity index (χ4v) is 3.84. The molecule has 6 nitrogen and oxygen atoms in total. The van der Waals surface area contributed by atoms with Crippen molar-refractivity contribution in [3.05, 3.63) is 52.4 Å². The van der Waals surface area contributed by atoms with Crippen LogP contribution < -0.4 is 19.8 Å². The normalized spacial score (nSPS) is 17.6. The minimum absolute atomic E-state index is 0.0630. The van der Waals surface area contributed by atoms with Crippen LogP contribution >= 0.6 is 0 Å². The van der Waals surface area contributed by atoms with Crippen molar-refractivity contribution in [2.24, 2.45) is 0 Å². The van der Waals surface area contributed by atoms with E-state index in [1.807, 2.05) is 13.0 Å². The molecule has 27 heavy (non-hydrogen) atoms. The van der Waals surface area contributed by atoms with Gasteiger partial charge in [0.2, 0.25) is 6.79 Å². The first-order valence-corrected chi connectivity index (χ1v) is 8.66. The lowest BCUT2D eigenvalue weighted by atomic mass is 10.0. The lowest BCUT2D eigenvalue weighted by Crippen LogP contribution is -2.13. The molecule has 0 fully saturated rings. The van der Waals surface area contributed by atoms with Gasteiger partial charge in [-0.2, -0.15) is 0 Å². The Bertz CT molecular complexity index is 1360. The van der Waals surface area contributed by atoms with E-state index in [4.69, 9.17) is 23.0 Å². The van der Waals surface area contributed by atoms with Crippen LogP contribution in [0.5, 0.6) is 17.2 Å². The van der Waals surface area contributed by atoms with Gasteiger partial charge in [-0.3, -0.25) is 0 Å². The Labute approximate surface area is 152 Å². The second kappa shape index (κ2) is 4.85. The summed E-state index contributed by atoms with van der Waals surface area (Å²) in [4.78, 5) is 12.7. The molecule has 0 radical (unpaired) electrons. The summed E-state index contributed by atoms with van der Waals surface area (Å²) in [5.74, 6) is 1.92. The van der Waals surface area contributed by atoms with Gasteiger partial charge in [0.25, 0.3) is 0 Å². The summed E-state index contributed by atoms with van der Waals surface area (Å²) in [6.07, 6.45) is 0.671. The highest BCUT2D eigenvalue weighted by molar-refractivity contribution is 6.13. The highest BCUT2D eigenvalue weighted by Crippen LogP contribution is 2.42. The SMILES string of the molecule is C=C(C)[C@@H]1Cc2cc3c(cc2O1)oc(=O)c1c2cc4c(cc2oc31)OCO4. The second-order valence-electron chi connectivity index (χ2n) is 7.01. The van der Waals surface area contributed by atoms with Crippen LogP contribution in [0.2, 0.25) is 0 Å². The maximum Gasteiger partial charge on any atom is 0.348 e. The van der Waals surface area contributed by atoms with Crippen LogP contribution in [0.3, 0.4) is 0 Å². The minimum atomic E-state index is -0.454.